The molecule has 2 rings (SSSR count). The molecule has 0 bridgehead atoms. The van der Waals surface area contributed by atoms with E-state index in [0.717, 1.165) is 31.5 Å². The number of rotatable bonds is 5. The van der Waals surface area contributed by atoms with Crippen LogP contribution in [0.3, 0.4) is 0 Å². The van der Waals surface area contributed by atoms with Crippen LogP contribution in [0.2, 0.25) is 0 Å². The molecule has 0 amide bonds. The first kappa shape index (κ1) is 14.2. The van der Waals surface area contributed by atoms with E-state index in [2.05, 4.69) is 10.1 Å². The van der Waals surface area contributed by atoms with Crippen molar-refractivity contribution in [3.05, 3.63) is 29.8 Å². The van der Waals surface area contributed by atoms with Crippen LogP contribution in [-0.4, -0.2) is 25.8 Å². The summed E-state index contributed by atoms with van der Waals surface area (Å²) in [6.07, 6.45) is 2.19. The van der Waals surface area contributed by atoms with Gasteiger partial charge in [0.1, 0.15) is 5.75 Å². The fraction of sp³-hybridized carbons (Fsp3) is 0.571. The second-order valence-electron chi connectivity index (χ2n) is 4.70. The highest BCUT2D eigenvalue weighted by atomic mass is 19.3. The molecule has 0 aromatic heterocycles. The van der Waals surface area contributed by atoms with E-state index < -0.39 is 6.61 Å². The molecule has 106 valence electrons. The minimum atomic E-state index is -2.80. The molecular weight excluding hydrogens is 252 g/mol. The Balaban J connectivity index is 1.95. The van der Waals surface area contributed by atoms with Crippen molar-refractivity contribution in [2.45, 2.75) is 38.6 Å². The minimum Gasteiger partial charge on any atom is -0.435 e. The molecule has 0 saturated carbocycles. The van der Waals surface area contributed by atoms with Crippen LogP contribution in [0.1, 0.15) is 31.4 Å². The summed E-state index contributed by atoms with van der Waals surface area (Å²) in [4.78, 5) is 0. The molecule has 0 radical (unpaired) electrons. The maximum absolute atomic E-state index is 12.2. The van der Waals surface area contributed by atoms with Gasteiger partial charge >= 0.3 is 6.61 Å². The van der Waals surface area contributed by atoms with Crippen molar-refractivity contribution in [3.63, 3.8) is 0 Å². The maximum Gasteiger partial charge on any atom is 0.387 e. The molecular formula is C14H19F2NO2. The van der Waals surface area contributed by atoms with Gasteiger partial charge in [0.2, 0.25) is 0 Å². The Labute approximate surface area is 111 Å². The fourth-order valence-electron chi connectivity index (χ4n) is 2.25. The molecule has 0 spiro atoms. The lowest BCUT2D eigenvalue weighted by Crippen LogP contribution is -2.35. The molecule has 19 heavy (non-hydrogen) atoms. The first-order chi connectivity index (χ1) is 9.15. The smallest absolute Gasteiger partial charge is 0.387 e. The normalized spacial score (nSPS) is 21.4. The van der Waals surface area contributed by atoms with E-state index >= 15 is 0 Å². The molecule has 1 N–H and O–H groups in total. The Morgan fingerprint density at radius 2 is 2.21 bits per heavy atom. The maximum atomic E-state index is 12.2. The van der Waals surface area contributed by atoms with Gasteiger partial charge in [-0.3, -0.25) is 0 Å². The van der Waals surface area contributed by atoms with Crippen molar-refractivity contribution >= 4 is 0 Å². The molecule has 1 aliphatic heterocycles. The van der Waals surface area contributed by atoms with Gasteiger partial charge in [-0.1, -0.05) is 12.1 Å². The third kappa shape index (κ3) is 4.44. The van der Waals surface area contributed by atoms with Crippen molar-refractivity contribution in [2.24, 2.45) is 0 Å². The summed E-state index contributed by atoms with van der Waals surface area (Å²) < 4.78 is 34.7. The lowest BCUT2D eigenvalue weighted by Gasteiger charge is -2.26. The number of hydrogen-bond acceptors (Lipinski definition) is 3. The summed E-state index contributed by atoms with van der Waals surface area (Å²) in [6.45, 7) is 1.01. The molecule has 1 saturated heterocycles. The third-order valence-corrected chi connectivity index (χ3v) is 3.20. The molecule has 0 aliphatic carbocycles. The summed E-state index contributed by atoms with van der Waals surface area (Å²) in [6, 6.07) is 6.68. The molecule has 2 unspecified atom stereocenters. The Kier molecular flexibility index (Phi) is 5.10. The Hall–Kier alpha value is -1.20. The predicted octanol–water partition coefficient (Wildman–Crippen LogP) is 3.12. The van der Waals surface area contributed by atoms with Crippen LogP contribution in [0.15, 0.2) is 24.3 Å². The largest absolute Gasteiger partial charge is 0.435 e. The van der Waals surface area contributed by atoms with E-state index in [0.29, 0.717) is 0 Å². The van der Waals surface area contributed by atoms with E-state index in [1.807, 2.05) is 13.0 Å². The van der Waals surface area contributed by atoms with Crippen LogP contribution >= 0.6 is 0 Å². The predicted molar refractivity (Wildman–Crippen MR) is 68.5 cm³/mol. The van der Waals surface area contributed by atoms with Gasteiger partial charge in [-0.15, -0.1) is 0 Å². The highest BCUT2D eigenvalue weighted by molar-refractivity contribution is 5.29. The van der Waals surface area contributed by atoms with E-state index in [1.54, 1.807) is 12.1 Å². The number of ether oxygens (including phenoxy) is 2. The van der Waals surface area contributed by atoms with Crippen molar-refractivity contribution in [2.75, 3.05) is 13.1 Å². The Bertz CT molecular complexity index is 395. The quantitative estimate of drug-likeness (QED) is 0.892. The number of benzene rings is 1. The number of halogens is 2. The van der Waals surface area contributed by atoms with Gasteiger partial charge in [0.15, 0.2) is 0 Å². The number of nitrogens with one attached hydrogen (secondary N) is 1. The first-order valence-corrected chi connectivity index (χ1v) is 6.56. The van der Waals surface area contributed by atoms with Crippen molar-refractivity contribution in [3.8, 4) is 5.75 Å². The molecule has 2 atom stereocenters. The van der Waals surface area contributed by atoms with Crippen LogP contribution in [0, 0.1) is 0 Å². The topological polar surface area (TPSA) is 30.5 Å². The Morgan fingerprint density at radius 1 is 1.37 bits per heavy atom. The van der Waals surface area contributed by atoms with E-state index in [9.17, 15) is 8.78 Å². The molecule has 1 aliphatic rings. The lowest BCUT2D eigenvalue weighted by molar-refractivity contribution is -0.0503. The molecule has 1 aromatic carbocycles. The SMILES string of the molecule is CC(OC1CCCNC1)c1cccc(OC(F)F)c1. The van der Waals surface area contributed by atoms with E-state index in [1.165, 1.54) is 6.07 Å². The van der Waals surface area contributed by atoms with Crippen LogP contribution < -0.4 is 10.1 Å². The summed E-state index contributed by atoms with van der Waals surface area (Å²) in [5.74, 6) is 0.171. The monoisotopic (exact) mass is 271 g/mol. The van der Waals surface area contributed by atoms with Gasteiger partial charge in [0.25, 0.3) is 0 Å². The van der Waals surface area contributed by atoms with Gasteiger partial charge in [-0.2, -0.15) is 8.78 Å². The minimum absolute atomic E-state index is 0.133. The number of piperidine rings is 1. The Morgan fingerprint density at radius 3 is 2.89 bits per heavy atom. The van der Waals surface area contributed by atoms with Crippen molar-refractivity contribution in [1.29, 1.82) is 0 Å². The number of alkyl halides is 2. The fourth-order valence-corrected chi connectivity index (χ4v) is 2.25. The molecule has 3 nitrogen and oxygen atoms in total. The van der Waals surface area contributed by atoms with Gasteiger partial charge in [-0.25, -0.2) is 0 Å². The highest BCUT2D eigenvalue weighted by Gasteiger charge is 2.17. The zero-order chi connectivity index (χ0) is 13.7. The average Bonchev–Trinajstić information content (AvgIpc) is 2.39. The summed E-state index contributed by atoms with van der Waals surface area (Å²) in [7, 11) is 0. The van der Waals surface area contributed by atoms with Crippen LogP contribution in [0.4, 0.5) is 8.78 Å². The standard InChI is InChI=1S/C14H19F2NO2/c1-10(18-13-6-3-7-17-9-13)11-4-2-5-12(8-11)19-14(15)16/h2,4-5,8,10,13-14,17H,3,6-7,9H2,1H3. The van der Waals surface area contributed by atoms with Crippen LogP contribution in [-0.2, 0) is 4.74 Å². The molecule has 1 fully saturated rings. The summed E-state index contributed by atoms with van der Waals surface area (Å²) in [5, 5.41) is 3.28. The molecule has 1 heterocycles. The van der Waals surface area contributed by atoms with E-state index in [-0.39, 0.29) is 18.0 Å². The zero-order valence-corrected chi connectivity index (χ0v) is 10.9. The van der Waals surface area contributed by atoms with E-state index in [4.69, 9.17) is 4.74 Å². The zero-order valence-electron chi connectivity index (χ0n) is 10.9. The van der Waals surface area contributed by atoms with Crippen LogP contribution in [0.25, 0.3) is 0 Å². The number of hydrogen-bond donors (Lipinski definition) is 1. The van der Waals surface area contributed by atoms with Crippen molar-refractivity contribution in [1.82, 2.24) is 5.32 Å². The second-order valence-corrected chi connectivity index (χ2v) is 4.70. The van der Waals surface area contributed by atoms with Crippen LogP contribution in [0.5, 0.6) is 5.75 Å². The molecule has 1 aromatic rings. The molecule has 5 heteroatoms. The highest BCUT2D eigenvalue weighted by Crippen LogP contribution is 2.25. The summed E-state index contributed by atoms with van der Waals surface area (Å²) >= 11 is 0. The third-order valence-electron chi connectivity index (χ3n) is 3.20. The summed E-state index contributed by atoms with van der Waals surface area (Å²) in [5.41, 5.74) is 0.851. The van der Waals surface area contributed by atoms with Gasteiger partial charge < -0.3 is 14.8 Å². The van der Waals surface area contributed by atoms with Gasteiger partial charge in [0.05, 0.1) is 12.2 Å². The van der Waals surface area contributed by atoms with Gasteiger partial charge in [0, 0.05) is 6.54 Å². The average molecular weight is 271 g/mol. The van der Waals surface area contributed by atoms with Crippen molar-refractivity contribution < 1.29 is 18.3 Å². The second kappa shape index (κ2) is 6.82. The van der Waals surface area contributed by atoms with Gasteiger partial charge in [-0.05, 0) is 44.0 Å². The first-order valence-electron chi connectivity index (χ1n) is 6.56. The lowest BCUT2D eigenvalue weighted by atomic mass is 10.1.